The number of nitrogens with one attached hydrogen (secondary N) is 2. The van der Waals surface area contributed by atoms with Gasteiger partial charge in [-0.1, -0.05) is 61.5 Å². The fraction of sp³-hybridized carbons (Fsp3) is 0.412. The molecule has 1 fully saturated rings. The zero-order valence-electron chi connectivity index (χ0n) is 26.1. The van der Waals surface area contributed by atoms with Gasteiger partial charge in [0.25, 0.3) is 0 Å². The van der Waals surface area contributed by atoms with E-state index in [1.807, 2.05) is 54.6 Å². The minimum absolute atomic E-state index is 0.155. The SMILES string of the molecule is CCNS(=O)(=O)c1ccc(CCC(=O)N(Cc2ccc(OC)cc2)[C@@H](Cc2ccccc2)C(=O)NCCN2CCOCC2)cc1. The second-order valence-electron chi connectivity index (χ2n) is 11.0. The van der Waals surface area contributed by atoms with E-state index in [4.69, 9.17) is 9.47 Å². The highest BCUT2D eigenvalue weighted by Gasteiger charge is 2.30. The first-order valence-electron chi connectivity index (χ1n) is 15.4. The predicted molar refractivity (Wildman–Crippen MR) is 173 cm³/mol. The predicted octanol–water partition coefficient (Wildman–Crippen LogP) is 3.01. The lowest BCUT2D eigenvalue weighted by Gasteiger charge is -2.32. The molecule has 0 aromatic heterocycles. The molecule has 2 N–H and O–H groups in total. The molecule has 0 radical (unpaired) electrons. The second-order valence-corrected chi connectivity index (χ2v) is 12.7. The van der Waals surface area contributed by atoms with Gasteiger partial charge in [0, 0.05) is 52.1 Å². The Kier molecular flexibility index (Phi) is 12.9. The highest BCUT2D eigenvalue weighted by molar-refractivity contribution is 7.89. The summed E-state index contributed by atoms with van der Waals surface area (Å²) in [6.45, 7) is 6.47. The van der Waals surface area contributed by atoms with Crippen molar-refractivity contribution in [2.45, 2.75) is 43.7 Å². The maximum absolute atomic E-state index is 14.0. The monoisotopic (exact) mass is 636 g/mol. The number of ether oxygens (including phenoxy) is 2. The van der Waals surface area contributed by atoms with Crippen LogP contribution in [0.2, 0.25) is 0 Å². The number of rotatable bonds is 16. The third-order valence-electron chi connectivity index (χ3n) is 7.81. The van der Waals surface area contributed by atoms with Crippen LogP contribution in [0.15, 0.2) is 83.8 Å². The van der Waals surface area contributed by atoms with E-state index in [1.165, 1.54) is 0 Å². The number of carbonyl (C=O) groups is 2. The van der Waals surface area contributed by atoms with Crippen molar-refractivity contribution in [1.29, 1.82) is 0 Å². The maximum Gasteiger partial charge on any atom is 0.243 e. The van der Waals surface area contributed by atoms with Crippen molar-refractivity contribution in [2.24, 2.45) is 0 Å². The minimum atomic E-state index is -3.56. The number of methoxy groups -OCH3 is 1. The van der Waals surface area contributed by atoms with Gasteiger partial charge < -0.3 is 19.7 Å². The van der Waals surface area contributed by atoms with Crippen molar-refractivity contribution < 1.29 is 27.5 Å². The Morgan fingerprint density at radius 1 is 0.933 bits per heavy atom. The first kappa shape index (κ1) is 34.1. The van der Waals surface area contributed by atoms with Crippen LogP contribution in [0.1, 0.15) is 30.0 Å². The topological polar surface area (TPSA) is 117 Å². The number of hydrogen-bond acceptors (Lipinski definition) is 7. The van der Waals surface area contributed by atoms with Crippen molar-refractivity contribution in [3.8, 4) is 5.75 Å². The molecule has 11 heteroatoms. The number of benzene rings is 3. The van der Waals surface area contributed by atoms with Gasteiger partial charge in [0.05, 0.1) is 25.2 Å². The Morgan fingerprint density at radius 2 is 1.60 bits per heavy atom. The van der Waals surface area contributed by atoms with Gasteiger partial charge in [0.15, 0.2) is 0 Å². The van der Waals surface area contributed by atoms with E-state index < -0.39 is 16.1 Å². The van der Waals surface area contributed by atoms with Crippen molar-refractivity contribution >= 4 is 21.8 Å². The number of amides is 2. The van der Waals surface area contributed by atoms with Crippen molar-refractivity contribution in [3.05, 3.63) is 95.6 Å². The first-order chi connectivity index (χ1) is 21.8. The maximum atomic E-state index is 14.0. The molecule has 1 atom stereocenters. The number of hydrogen-bond donors (Lipinski definition) is 2. The lowest BCUT2D eigenvalue weighted by molar-refractivity contribution is -0.141. The standard InChI is InChI=1S/C34H44N4O6S/c1-3-36-45(41,42)31-16-11-27(12-17-31)13-18-33(39)38(26-29-9-14-30(43-2)15-10-29)32(25-28-7-5-4-6-8-28)34(40)35-19-20-37-21-23-44-24-22-37/h4-12,14-17,32,36H,3,13,18-26H2,1-2H3,(H,35,40)/t32-/m0/s1. The Morgan fingerprint density at radius 3 is 2.24 bits per heavy atom. The lowest BCUT2D eigenvalue weighted by Crippen LogP contribution is -2.52. The second kappa shape index (κ2) is 17.1. The summed E-state index contributed by atoms with van der Waals surface area (Å²) in [5.74, 6) is 0.337. The zero-order valence-corrected chi connectivity index (χ0v) is 26.9. The molecule has 2 amide bonds. The Labute approximate surface area is 266 Å². The van der Waals surface area contributed by atoms with Crippen molar-refractivity contribution in [2.75, 3.05) is 53.0 Å². The Balaban J connectivity index is 1.54. The van der Waals surface area contributed by atoms with E-state index in [9.17, 15) is 18.0 Å². The Bertz CT molecular complexity index is 1460. The van der Waals surface area contributed by atoms with Gasteiger partial charge in [-0.2, -0.15) is 0 Å². The molecule has 0 spiro atoms. The molecular weight excluding hydrogens is 592 g/mol. The summed E-state index contributed by atoms with van der Waals surface area (Å²) in [7, 11) is -1.96. The molecule has 10 nitrogen and oxygen atoms in total. The van der Waals surface area contributed by atoms with E-state index in [2.05, 4.69) is 14.9 Å². The van der Waals surface area contributed by atoms with Gasteiger partial charge in [-0.25, -0.2) is 13.1 Å². The van der Waals surface area contributed by atoms with E-state index in [0.29, 0.717) is 51.4 Å². The van der Waals surface area contributed by atoms with Gasteiger partial charge in [-0.05, 0) is 47.4 Å². The molecule has 1 saturated heterocycles. The number of nitrogens with zero attached hydrogens (tertiary/aromatic N) is 2. The molecule has 3 aromatic rings. The largest absolute Gasteiger partial charge is 0.497 e. The highest BCUT2D eigenvalue weighted by Crippen LogP contribution is 2.19. The van der Waals surface area contributed by atoms with Gasteiger partial charge in [0.2, 0.25) is 21.8 Å². The summed E-state index contributed by atoms with van der Waals surface area (Å²) in [4.78, 5) is 32.0. The summed E-state index contributed by atoms with van der Waals surface area (Å²) >= 11 is 0. The molecular formula is C34H44N4O6S. The van der Waals surface area contributed by atoms with Gasteiger partial charge in [0.1, 0.15) is 11.8 Å². The Hall–Kier alpha value is -3.77. The van der Waals surface area contributed by atoms with Crippen LogP contribution < -0.4 is 14.8 Å². The lowest BCUT2D eigenvalue weighted by atomic mass is 10.0. The third kappa shape index (κ3) is 10.4. The van der Waals surface area contributed by atoms with E-state index in [1.54, 1.807) is 43.2 Å². The summed E-state index contributed by atoms with van der Waals surface area (Å²) in [6.07, 6.45) is 0.918. The summed E-state index contributed by atoms with van der Waals surface area (Å²) in [5.41, 5.74) is 2.66. The number of aryl methyl sites for hydroxylation is 1. The van der Waals surface area contributed by atoms with Gasteiger partial charge in [-0.15, -0.1) is 0 Å². The molecule has 0 bridgehead atoms. The summed E-state index contributed by atoms with van der Waals surface area (Å²) in [5, 5.41) is 3.10. The zero-order chi connectivity index (χ0) is 32.1. The quantitative estimate of drug-likeness (QED) is 0.248. The molecule has 0 aliphatic carbocycles. The summed E-state index contributed by atoms with van der Waals surface area (Å²) in [6, 6.07) is 23.0. The van der Waals surface area contributed by atoms with Crippen LogP contribution in [0.5, 0.6) is 5.75 Å². The number of sulfonamides is 1. The molecule has 1 aliphatic rings. The van der Waals surface area contributed by atoms with Crippen LogP contribution in [0, 0.1) is 0 Å². The fourth-order valence-corrected chi connectivity index (χ4v) is 6.31. The van der Waals surface area contributed by atoms with Crippen LogP contribution in [-0.2, 0) is 43.7 Å². The van der Waals surface area contributed by atoms with Crippen molar-refractivity contribution in [3.63, 3.8) is 0 Å². The molecule has 45 heavy (non-hydrogen) atoms. The van der Waals surface area contributed by atoms with Gasteiger partial charge in [-0.3, -0.25) is 14.5 Å². The molecule has 4 rings (SSSR count). The third-order valence-corrected chi connectivity index (χ3v) is 9.37. The van der Waals surface area contributed by atoms with Gasteiger partial charge >= 0.3 is 0 Å². The van der Waals surface area contributed by atoms with Crippen LogP contribution in [-0.4, -0.2) is 89.1 Å². The van der Waals surface area contributed by atoms with E-state index in [0.717, 1.165) is 29.8 Å². The van der Waals surface area contributed by atoms with Crippen LogP contribution in [0.4, 0.5) is 0 Å². The van der Waals surface area contributed by atoms with Crippen LogP contribution in [0.25, 0.3) is 0 Å². The average Bonchev–Trinajstić information content (AvgIpc) is 3.06. The molecule has 242 valence electrons. The number of morpholine rings is 1. The van der Waals surface area contributed by atoms with Crippen LogP contribution >= 0.6 is 0 Å². The van der Waals surface area contributed by atoms with E-state index >= 15 is 0 Å². The first-order valence-corrected chi connectivity index (χ1v) is 16.9. The van der Waals surface area contributed by atoms with Crippen molar-refractivity contribution in [1.82, 2.24) is 19.8 Å². The normalized spacial score (nSPS) is 14.4. The molecule has 0 unspecified atom stereocenters. The average molecular weight is 637 g/mol. The molecule has 3 aromatic carbocycles. The van der Waals surface area contributed by atoms with Crippen LogP contribution in [0.3, 0.4) is 0 Å². The minimum Gasteiger partial charge on any atom is -0.497 e. The fourth-order valence-electron chi connectivity index (χ4n) is 5.26. The molecule has 1 heterocycles. The molecule has 0 saturated carbocycles. The summed E-state index contributed by atoms with van der Waals surface area (Å²) < 4.78 is 37.9. The highest BCUT2D eigenvalue weighted by atomic mass is 32.2. The number of carbonyl (C=O) groups excluding carboxylic acids is 2. The van der Waals surface area contributed by atoms with E-state index in [-0.39, 0.29) is 29.7 Å². The smallest absolute Gasteiger partial charge is 0.243 e. The molecule has 1 aliphatic heterocycles.